The summed E-state index contributed by atoms with van der Waals surface area (Å²) in [5.41, 5.74) is 6.93. The normalized spacial score (nSPS) is 21.1. The van der Waals surface area contributed by atoms with Gasteiger partial charge in [0.15, 0.2) is 0 Å². The molecule has 2 rings (SSSR count). The number of ether oxygens (including phenoxy) is 1. The number of carbonyl (C=O) groups is 1. The molecule has 2 N–H and O–H groups in total. The number of nitrogens with zero attached hydrogens (tertiary/aromatic N) is 2. The van der Waals surface area contributed by atoms with Crippen molar-refractivity contribution in [1.29, 1.82) is 0 Å². The number of rotatable bonds is 2. The topological polar surface area (TPSA) is 60.5 Å². The van der Waals surface area contributed by atoms with Crippen LogP contribution in [-0.4, -0.2) is 33.7 Å². The van der Waals surface area contributed by atoms with Crippen LogP contribution in [0.1, 0.15) is 45.2 Å². The molecule has 0 aliphatic carbocycles. The number of likely N-dealkylation sites (tertiary alicyclic amines) is 1. The van der Waals surface area contributed by atoms with Crippen molar-refractivity contribution in [2.75, 3.05) is 6.54 Å². The zero-order chi connectivity index (χ0) is 14.9. The fourth-order valence-electron chi connectivity index (χ4n) is 2.66. The van der Waals surface area contributed by atoms with Gasteiger partial charge in [-0.15, -0.1) is 0 Å². The quantitative estimate of drug-likeness (QED) is 0.904. The number of nitrogens with two attached hydrogens (primary N) is 1. The molecule has 20 heavy (non-hydrogen) atoms. The number of aromatic nitrogens is 1. The molecular weight excluding hydrogens is 254 g/mol. The van der Waals surface area contributed by atoms with Crippen LogP contribution < -0.4 is 5.73 Å². The Morgan fingerprint density at radius 3 is 2.75 bits per heavy atom. The van der Waals surface area contributed by atoms with Gasteiger partial charge in [0.2, 0.25) is 0 Å². The Balaban J connectivity index is 2.09. The summed E-state index contributed by atoms with van der Waals surface area (Å²) in [6.07, 6.45) is 5.63. The molecule has 1 saturated heterocycles. The van der Waals surface area contributed by atoms with Gasteiger partial charge in [0.1, 0.15) is 5.60 Å². The van der Waals surface area contributed by atoms with E-state index in [2.05, 4.69) is 0 Å². The largest absolute Gasteiger partial charge is 0.444 e. The van der Waals surface area contributed by atoms with Crippen LogP contribution in [0.4, 0.5) is 4.79 Å². The predicted molar refractivity (Wildman–Crippen MR) is 78.3 cm³/mol. The molecule has 2 atom stereocenters. The number of amides is 1. The Morgan fingerprint density at radius 1 is 1.50 bits per heavy atom. The highest BCUT2D eigenvalue weighted by molar-refractivity contribution is 5.69. The lowest BCUT2D eigenvalue weighted by molar-refractivity contribution is 0.0206. The third-order valence-corrected chi connectivity index (χ3v) is 3.58. The van der Waals surface area contributed by atoms with Crippen molar-refractivity contribution in [3.63, 3.8) is 0 Å². The van der Waals surface area contributed by atoms with E-state index in [-0.39, 0.29) is 18.2 Å². The molecular formula is C15H25N3O2. The van der Waals surface area contributed by atoms with E-state index in [0.717, 1.165) is 24.9 Å². The van der Waals surface area contributed by atoms with Gasteiger partial charge < -0.3 is 19.9 Å². The maximum atomic E-state index is 12.3. The van der Waals surface area contributed by atoms with E-state index in [1.165, 1.54) is 0 Å². The van der Waals surface area contributed by atoms with Gasteiger partial charge in [-0.25, -0.2) is 4.79 Å². The van der Waals surface area contributed by atoms with Crippen LogP contribution in [0.25, 0.3) is 0 Å². The van der Waals surface area contributed by atoms with Gasteiger partial charge in [-0.3, -0.25) is 0 Å². The summed E-state index contributed by atoms with van der Waals surface area (Å²) in [4.78, 5) is 14.0. The summed E-state index contributed by atoms with van der Waals surface area (Å²) < 4.78 is 7.44. The summed E-state index contributed by atoms with van der Waals surface area (Å²) >= 11 is 0. The number of hydrogen-bond donors (Lipinski definition) is 1. The summed E-state index contributed by atoms with van der Waals surface area (Å²) in [5, 5.41) is 0. The fraction of sp³-hybridized carbons (Fsp3) is 0.667. The maximum Gasteiger partial charge on any atom is 0.410 e. The lowest BCUT2D eigenvalue weighted by atomic mass is 10.0. The van der Waals surface area contributed by atoms with Crippen LogP contribution in [0.2, 0.25) is 0 Å². The average molecular weight is 279 g/mol. The van der Waals surface area contributed by atoms with Gasteiger partial charge in [-0.2, -0.15) is 0 Å². The van der Waals surface area contributed by atoms with Gasteiger partial charge in [0.25, 0.3) is 0 Å². The van der Waals surface area contributed by atoms with Crippen molar-refractivity contribution >= 4 is 6.09 Å². The molecule has 112 valence electrons. The SMILES string of the molecule is Cn1ccc(C(N)C2CCCN2C(=O)OC(C)(C)C)c1. The van der Waals surface area contributed by atoms with Gasteiger partial charge >= 0.3 is 6.09 Å². The van der Waals surface area contributed by atoms with Crippen LogP contribution in [-0.2, 0) is 11.8 Å². The lowest BCUT2D eigenvalue weighted by Gasteiger charge is -2.31. The molecule has 0 radical (unpaired) electrons. The molecule has 2 heterocycles. The first kappa shape index (κ1) is 14.9. The number of carbonyl (C=O) groups excluding carboxylic acids is 1. The van der Waals surface area contributed by atoms with E-state index in [4.69, 9.17) is 10.5 Å². The summed E-state index contributed by atoms with van der Waals surface area (Å²) in [5.74, 6) is 0. The minimum Gasteiger partial charge on any atom is -0.444 e. The highest BCUT2D eigenvalue weighted by atomic mass is 16.6. The van der Waals surface area contributed by atoms with Gasteiger partial charge in [-0.1, -0.05) is 0 Å². The highest BCUT2D eigenvalue weighted by Crippen LogP contribution is 2.29. The van der Waals surface area contributed by atoms with E-state index in [9.17, 15) is 4.79 Å². The Morgan fingerprint density at radius 2 is 2.20 bits per heavy atom. The van der Waals surface area contributed by atoms with Crippen molar-refractivity contribution in [1.82, 2.24) is 9.47 Å². The van der Waals surface area contributed by atoms with Crippen LogP contribution in [0.15, 0.2) is 18.5 Å². The third kappa shape index (κ3) is 3.33. The second kappa shape index (κ2) is 5.48. The minimum absolute atomic E-state index is 0.0206. The second-order valence-electron chi connectivity index (χ2n) is 6.52. The summed E-state index contributed by atoms with van der Waals surface area (Å²) in [6, 6.07) is 1.87. The summed E-state index contributed by atoms with van der Waals surface area (Å²) in [7, 11) is 1.97. The number of hydrogen-bond acceptors (Lipinski definition) is 3. The zero-order valence-electron chi connectivity index (χ0n) is 12.8. The molecule has 1 fully saturated rings. The molecule has 5 heteroatoms. The van der Waals surface area contributed by atoms with Crippen molar-refractivity contribution in [2.45, 2.75) is 51.3 Å². The first-order chi connectivity index (χ1) is 9.28. The first-order valence-electron chi connectivity index (χ1n) is 7.15. The maximum absolute atomic E-state index is 12.3. The molecule has 0 aromatic carbocycles. The Bertz CT molecular complexity index is 476. The molecule has 1 aliphatic rings. The van der Waals surface area contributed by atoms with Crippen LogP contribution >= 0.6 is 0 Å². The van der Waals surface area contributed by atoms with E-state index < -0.39 is 5.60 Å². The van der Waals surface area contributed by atoms with Gasteiger partial charge in [-0.05, 0) is 45.2 Å². The lowest BCUT2D eigenvalue weighted by Crippen LogP contribution is -2.44. The van der Waals surface area contributed by atoms with Gasteiger partial charge in [0.05, 0.1) is 12.1 Å². The predicted octanol–water partition coefficient (Wildman–Crippen LogP) is 2.42. The van der Waals surface area contributed by atoms with Crippen LogP contribution in [0.3, 0.4) is 0 Å². The molecule has 1 amide bonds. The smallest absolute Gasteiger partial charge is 0.410 e. The van der Waals surface area contributed by atoms with Gasteiger partial charge in [0, 0.05) is 26.0 Å². The van der Waals surface area contributed by atoms with E-state index >= 15 is 0 Å². The fourth-order valence-corrected chi connectivity index (χ4v) is 2.66. The molecule has 0 saturated carbocycles. The monoisotopic (exact) mass is 279 g/mol. The van der Waals surface area contributed by atoms with E-state index in [0.29, 0.717) is 0 Å². The molecule has 0 bridgehead atoms. The zero-order valence-corrected chi connectivity index (χ0v) is 12.8. The van der Waals surface area contributed by atoms with Crippen LogP contribution in [0, 0.1) is 0 Å². The molecule has 1 aromatic rings. The summed E-state index contributed by atoms with van der Waals surface area (Å²) in [6.45, 7) is 6.37. The Labute approximate surface area is 120 Å². The van der Waals surface area contributed by atoms with Crippen molar-refractivity contribution < 1.29 is 9.53 Å². The molecule has 2 unspecified atom stereocenters. The van der Waals surface area contributed by atoms with E-state index in [1.807, 2.05) is 50.8 Å². The average Bonchev–Trinajstić information content (AvgIpc) is 2.93. The molecule has 0 spiro atoms. The molecule has 5 nitrogen and oxygen atoms in total. The highest BCUT2D eigenvalue weighted by Gasteiger charge is 2.36. The first-order valence-corrected chi connectivity index (χ1v) is 7.15. The standard InChI is InChI=1S/C15H25N3O2/c1-15(2,3)20-14(19)18-8-5-6-12(18)13(16)11-7-9-17(4)10-11/h7,9-10,12-13H,5-6,8,16H2,1-4H3. The Kier molecular flexibility index (Phi) is 4.09. The second-order valence-corrected chi connectivity index (χ2v) is 6.52. The molecule has 1 aliphatic heterocycles. The molecule has 1 aromatic heterocycles. The van der Waals surface area contributed by atoms with Crippen molar-refractivity contribution in [2.24, 2.45) is 12.8 Å². The van der Waals surface area contributed by atoms with E-state index in [1.54, 1.807) is 4.90 Å². The van der Waals surface area contributed by atoms with Crippen LogP contribution in [0.5, 0.6) is 0 Å². The van der Waals surface area contributed by atoms with Crippen molar-refractivity contribution in [3.8, 4) is 0 Å². The minimum atomic E-state index is -0.471. The van der Waals surface area contributed by atoms with Crippen molar-refractivity contribution in [3.05, 3.63) is 24.0 Å². The number of aryl methyl sites for hydroxylation is 1. The Hall–Kier alpha value is -1.49. The third-order valence-electron chi connectivity index (χ3n) is 3.58.